The van der Waals surface area contributed by atoms with Crippen molar-refractivity contribution in [1.82, 2.24) is 15.5 Å². The molecule has 3 amide bonds. The minimum Gasteiger partial charge on any atom is -0.496 e. The lowest BCUT2D eigenvalue weighted by Gasteiger charge is -2.13. The van der Waals surface area contributed by atoms with Crippen molar-refractivity contribution in [1.29, 1.82) is 0 Å². The first kappa shape index (κ1) is 19.3. The Morgan fingerprint density at radius 1 is 1.11 bits per heavy atom. The van der Waals surface area contributed by atoms with Gasteiger partial charge in [-0.2, -0.15) is 0 Å². The van der Waals surface area contributed by atoms with Gasteiger partial charge in [-0.1, -0.05) is 12.1 Å². The van der Waals surface area contributed by atoms with Gasteiger partial charge >= 0.3 is 0 Å². The molecule has 9 heteroatoms. The molecular formula is C19H21N5O4. The van der Waals surface area contributed by atoms with E-state index in [0.29, 0.717) is 11.3 Å². The Labute approximate surface area is 161 Å². The van der Waals surface area contributed by atoms with Crippen LogP contribution >= 0.6 is 0 Å². The Balaban J connectivity index is 1.91. The molecule has 1 heterocycles. The van der Waals surface area contributed by atoms with Crippen LogP contribution in [0.4, 0.5) is 11.5 Å². The van der Waals surface area contributed by atoms with E-state index in [2.05, 4.69) is 26.1 Å². The van der Waals surface area contributed by atoms with Crippen LogP contribution in [0.1, 0.15) is 39.3 Å². The molecule has 3 rings (SSSR count). The Hall–Kier alpha value is -3.49. The standard InChI is InChI=1S/C19H21N5O4/c1-10-5-4-6-12(16(10)28-3)18(26)21-13-9-14(22-17(25)11-7-8-11)23-24-15(13)19(27)20-2/h4-6,9,11H,7-8H2,1-3H3,(H,20,27)(H2,21,22,23,25,26). The van der Waals surface area contributed by atoms with E-state index < -0.39 is 11.8 Å². The number of nitrogens with one attached hydrogen (secondary N) is 3. The minimum absolute atomic E-state index is 0.0185. The van der Waals surface area contributed by atoms with Gasteiger partial charge in [0, 0.05) is 19.0 Å². The Morgan fingerprint density at radius 3 is 2.50 bits per heavy atom. The van der Waals surface area contributed by atoms with Crippen LogP contribution in [-0.2, 0) is 4.79 Å². The smallest absolute Gasteiger partial charge is 0.273 e. The molecule has 0 bridgehead atoms. The maximum atomic E-state index is 12.8. The largest absolute Gasteiger partial charge is 0.496 e. The van der Waals surface area contributed by atoms with Crippen molar-refractivity contribution in [3.8, 4) is 5.75 Å². The molecule has 3 N–H and O–H groups in total. The molecular weight excluding hydrogens is 362 g/mol. The quantitative estimate of drug-likeness (QED) is 0.699. The molecule has 0 atom stereocenters. The van der Waals surface area contributed by atoms with Crippen LogP contribution in [0.3, 0.4) is 0 Å². The van der Waals surface area contributed by atoms with Crippen LogP contribution in [0.25, 0.3) is 0 Å². The molecule has 0 spiro atoms. The van der Waals surface area contributed by atoms with Crippen molar-refractivity contribution < 1.29 is 19.1 Å². The number of carbonyl (C=O) groups is 3. The Bertz CT molecular complexity index is 940. The van der Waals surface area contributed by atoms with Gasteiger partial charge in [-0.25, -0.2) is 0 Å². The molecule has 1 aromatic heterocycles. The Morgan fingerprint density at radius 2 is 1.86 bits per heavy atom. The van der Waals surface area contributed by atoms with E-state index >= 15 is 0 Å². The fourth-order valence-corrected chi connectivity index (χ4v) is 2.70. The number of amides is 3. The summed E-state index contributed by atoms with van der Waals surface area (Å²) in [5.74, 6) is -0.561. The van der Waals surface area contributed by atoms with Crippen molar-refractivity contribution in [2.75, 3.05) is 24.8 Å². The number of rotatable bonds is 6. The predicted octanol–water partition coefficient (Wildman–Crippen LogP) is 1.75. The normalized spacial score (nSPS) is 12.8. The zero-order valence-corrected chi connectivity index (χ0v) is 15.8. The highest BCUT2D eigenvalue weighted by molar-refractivity contribution is 6.10. The molecule has 1 saturated carbocycles. The lowest BCUT2D eigenvalue weighted by Crippen LogP contribution is -2.24. The van der Waals surface area contributed by atoms with Gasteiger partial charge in [0.25, 0.3) is 11.8 Å². The molecule has 146 valence electrons. The van der Waals surface area contributed by atoms with Crippen LogP contribution in [0, 0.1) is 12.8 Å². The topological polar surface area (TPSA) is 122 Å². The summed E-state index contributed by atoms with van der Waals surface area (Å²) >= 11 is 0. The first-order chi connectivity index (χ1) is 13.4. The maximum Gasteiger partial charge on any atom is 0.273 e. The van der Waals surface area contributed by atoms with E-state index in [1.165, 1.54) is 20.2 Å². The second-order valence-electron chi connectivity index (χ2n) is 6.44. The summed E-state index contributed by atoms with van der Waals surface area (Å²) in [5.41, 5.74) is 1.18. The molecule has 9 nitrogen and oxygen atoms in total. The number of aryl methyl sites for hydroxylation is 1. The fourth-order valence-electron chi connectivity index (χ4n) is 2.70. The minimum atomic E-state index is -0.515. The molecule has 28 heavy (non-hydrogen) atoms. The van der Waals surface area contributed by atoms with Crippen molar-refractivity contribution >= 4 is 29.2 Å². The number of hydrogen-bond donors (Lipinski definition) is 3. The predicted molar refractivity (Wildman–Crippen MR) is 102 cm³/mol. The van der Waals surface area contributed by atoms with E-state index in [1.807, 2.05) is 13.0 Å². The molecule has 1 aliphatic carbocycles. The lowest BCUT2D eigenvalue weighted by molar-refractivity contribution is -0.117. The summed E-state index contributed by atoms with van der Waals surface area (Å²) < 4.78 is 5.32. The summed E-state index contributed by atoms with van der Waals surface area (Å²) in [6, 6.07) is 6.59. The first-order valence-corrected chi connectivity index (χ1v) is 8.80. The molecule has 2 aromatic rings. The molecule has 1 aromatic carbocycles. The van der Waals surface area contributed by atoms with Gasteiger partial charge in [0.2, 0.25) is 5.91 Å². The highest BCUT2D eigenvalue weighted by Gasteiger charge is 2.30. The van der Waals surface area contributed by atoms with Gasteiger partial charge < -0.3 is 20.7 Å². The number of para-hydroxylation sites is 1. The number of benzene rings is 1. The summed E-state index contributed by atoms with van der Waals surface area (Å²) in [4.78, 5) is 36.9. The maximum absolute atomic E-state index is 12.8. The van der Waals surface area contributed by atoms with Gasteiger partial charge in [0.1, 0.15) is 5.75 Å². The second-order valence-corrected chi connectivity index (χ2v) is 6.44. The Kier molecular flexibility index (Phi) is 5.53. The number of hydrogen-bond acceptors (Lipinski definition) is 6. The van der Waals surface area contributed by atoms with E-state index in [0.717, 1.165) is 18.4 Å². The molecule has 0 unspecified atom stereocenters. The van der Waals surface area contributed by atoms with E-state index in [4.69, 9.17) is 4.74 Å². The fraction of sp³-hybridized carbons (Fsp3) is 0.316. The third-order valence-corrected chi connectivity index (χ3v) is 4.34. The summed E-state index contributed by atoms with van der Waals surface area (Å²) in [6.45, 7) is 1.82. The van der Waals surface area contributed by atoms with Crippen LogP contribution in [0.15, 0.2) is 24.3 Å². The van der Waals surface area contributed by atoms with E-state index in [9.17, 15) is 14.4 Å². The zero-order chi connectivity index (χ0) is 20.3. The number of nitrogens with zero attached hydrogens (tertiary/aromatic N) is 2. The van der Waals surface area contributed by atoms with Gasteiger partial charge in [0.05, 0.1) is 18.4 Å². The molecule has 1 aliphatic rings. The van der Waals surface area contributed by atoms with E-state index in [1.54, 1.807) is 12.1 Å². The highest BCUT2D eigenvalue weighted by atomic mass is 16.5. The first-order valence-electron chi connectivity index (χ1n) is 8.80. The number of ether oxygens (including phenoxy) is 1. The third-order valence-electron chi connectivity index (χ3n) is 4.34. The van der Waals surface area contributed by atoms with Crippen LogP contribution in [0.5, 0.6) is 5.75 Å². The summed E-state index contributed by atoms with van der Waals surface area (Å²) in [6.07, 6.45) is 1.68. The van der Waals surface area contributed by atoms with Crippen LogP contribution < -0.4 is 20.7 Å². The monoisotopic (exact) mass is 383 g/mol. The highest BCUT2D eigenvalue weighted by Crippen LogP contribution is 2.30. The van der Waals surface area contributed by atoms with Crippen molar-refractivity contribution in [2.24, 2.45) is 5.92 Å². The molecule has 0 aliphatic heterocycles. The van der Waals surface area contributed by atoms with Gasteiger partial charge in [0.15, 0.2) is 11.5 Å². The van der Waals surface area contributed by atoms with Crippen molar-refractivity contribution in [2.45, 2.75) is 19.8 Å². The molecule has 1 fully saturated rings. The third kappa shape index (κ3) is 4.08. The van der Waals surface area contributed by atoms with Crippen molar-refractivity contribution in [3.05, 3.63) is 41.1 Å². The molecule has 0 saturated heterocycles. The summed E-state index contributed by atoms with van der Waals surface area (Å²) in [7, 11) is 2.93. The number of anilines is 2. The lowest BCUT2D eigenvalue weighted by atomic mass is 10.1. The average molecular weight is 383 g/mol. The van der Waals surface area contributed by atoms with Gasteiger partial charge in [-0.05, 0) is 31.4 Å². The molecule has 0 radical (unpaired) electrons. The van der Waals surface area contributed by atoms with Crippen molar-refractivity contribution in [3.63, 3.8) is 0 Å². The second kappa shape index (κ2) is 8.03. The van der Waals surface area contributed by atoms with Gasteiger partial charge in [-0.3, -0.25) is 14.4 Å². The summed E-state index contributed by atoms with van der Waals surface area (Å²) in [5, 5.41) is 15.5. The van der Waals surface area contributed by atoms with Gasteiger partial charge in [-0.15, -0.1) is 10.2 Å². The number of aromatic nitrogens is 2. The zero-order valence-electron chi connectivity index (χ0n) is 15.8. The van der Waals surface area contributed by atoms with E-state index in [-0.39, 0.29) is 29.0 Å². The van der Waals surface area contributed by atoms with Crippen LogP contribution in [-0.4, -0.2) is 42.1 Å². The number of carbonyl (C=O) groups excluding carboxylic acids is 3. The SMILES string of the molecule is CNC(=O)c1nnc(NC(=O)C2CC2)cc1NC(=O)c1cccc(C)c1OC. The van der Waals surface area contributed by atoms with Crippen LogP contribution in [0.2, 0.25) is 0 Å². The average Bonchev–Trinajstić information content (AvgIpc) is 3.52. The number of methoxy groups -OCH3 is 1.